The number of nitrogens with zero attached hydrogens (tertiary/aromatic N) is 1. The normalized spacial score (nSPS) is 11.4. The van der Waals surface area contributed by atoms with Gasteiger partial charge in [0, 0.05) is 13.1 Å². The molecule has 0 bridgehead atoms. The van der Waals surface area contributed by atoms with Gasteiger partial charge in [-0.3, -0.25) is 9.89 Å². The van der Waals surface area contributed by atoms with Gasteiger partial charge in [0.15, 0.2) is 6.61 Å². The number of hydrogen-bond acceptors (Lipinski definition) is 5. The van der Waals surface area contributed by atoms with Crippen LogP contribution in [0.25, 0.3) is 0 Å². The predicted octanol–water partition coefficient (Wildman–Crippen LogP) is 1.12. The van der Waals surface area contributed by atoms with E-state index in [9.17, 15) is 13.2 Å². The summed E-state index contributed by atoms with van der Waals surface area (Å²) in [4.78, 5) is 12.0. The number of aromatic nitrogens is 2. The van der Waals surface area contributed by atoms with Gasteiger partial charge in [0.05, 0.1) is 11.4 Å². The molecule has 3 N–H and O–H groups in total. The number of carbonyl (C=O) groups is 1. The molecule has 9 heteroatoms. The summed E-state index contributed by atoms with van der Waals surface area (Å²) in [6.07, 6.45) is 0. The highest BCUT2D eigenvalue weighted by molar-refractivity contribution is 7.89. The van der Waals surface area contributed by atoms with Crippen molar-refractivity contribution in [1.82, 2.24) is 20.2 Å². The second-order valence-corrected chi connectivity index (χ2v) is 7.77. The zero-order valence-electron chi connectivity index (χ0n) is 15.3. The lowest BCUT2D eigenvalue weighted by molar-refractivity contribution is -0.123. The second kappa shape index (κ2) is 8.33. The van der Waals surface area contributed by atoms with Gasteiger partial charge in [-0.25, -0.2) is 13.1 Å². The van der Waals surface area contributed by atoms with E-state index in [4.69, 9.17) is 4.74 Å². The van der Waals surface area contributed by atoms with Crippen molar-refractivity contribution in [3.8, 4) is 5.75 Å². The molecule has 26 heavy (non-hydrogen) atoms. The van der Waals surface area contributed by atoms with Gasteiger partial charge in [-0.1, -0.05) is 17.7 Å². The van der Waals surface area contributed by atoms with Crippen LogP contribution in [0.2, 0.25) is 0 Å². The average molecular weight is 380 g/mol. The number of sulfonamides is 1. The minimum absolute atomic E-state index is 0.0711. The average Bonchev–Trinajstić information content (AvgIpc) is 2.90. The fraction of sp³-hybridized carbons (Fsp3) is 0.412. The van der Waals surface area contributed by atoms with Crippen molar-refractivity contribution < 1.29 is 17.9 Å². The van der Waals surface area contributed by atoms with E-state index in [1.165, 1.54) is 0 Å². The summed E-state index contributed by atoms with van der Waals surface area (Å²) in [7, 11) is -3.67. The molecule has 0 saturated carbocycles. The number of H-pyrrole nitrogens is 1. The summed E-state index contributed by atoms with van der Waals surface area (Å²) >= 11 is 0. The van der Waals surface area contributed by atoms with Crippen LogP contribution in [0.15, 0.2) is 23.1 Å². The molecule has 2 rings (SSSR count). The minimum atomic E-state index is -3.67. The fourth-order valence-corrected chi connectivity index (χ4v) is 3.95. The van der Waals surface area contributed by atoms with Crippen LogP contribution in [0.5, 0.6) is 5.75 Å². The van der Waals surface area contributed by atoms with Crippen LogP contribution in [-0.4, -0.2) is 44.2 Å². The first-order chi connectivity index (χ1) is 12.2. The highest BCUT2D eigenvalue weighted by Gasteiger charge is 2.21. The zero-order chi connectivity index (χ0) is 19.3. The summed E-state index contributed by atoms with van der Waals surface area (Å²) in [5.41, 5.74) is 2.95. The highest BCUT2D eigenvalue weighted by atomic mass is 32.2. The minimum Gasteiger partial charge on any atom is -0.484 e. The van der Waals surface area contributed by atoms with Crippen molar-refractivity contribution >= 4 is 15.9 Å². The molecule has 0 aliphatic heterocycles. The van der Waals surface area contributed by atoms with Crippen molar-refractivity contribution in [2.24, 2.45) is 0 Å². The molecule has 0 fully saturated rings. The molecule has 1 aromatic carbocycles. The zero-order valence-corrected chi connectivity index (χ0v) is 16.2. The van der Waals surface area contributed by atoms with Crippen LogP contribution < -0.4 is 14.8 Å². The fourth-order valence-electron chi connectivity index (χ4n) is 2.55. The quantitative estimate of drug-likeness (QED) is 0.594. The smallest absolute Gasteiger partial charge is 0.257 e. The SMILES string of the molecule is Cc1ccc(OCC(=O)NCCNS(=O)(=O)c2c(C)n[nH]c2C)c(C)c1. The number of rotatable bonds is 8. The number of hydrogen-bond donors (Lipinski definition) is 3. The number of amides is 1. The van der Waals surface area contributed by atoms with Gasteiger partial charge in [-0.05, 0) is 39.3 Å². The first-order valence-electron chi connectivity index (χ1n) is 8.18. The number of aryl methyl sites for hydroxylation is 4. The molecule has 2 aromatic rings. The number of benzene rings is 1. The summed E-state index contributed by atoms with van der Waals surface area (Å²) in [6.45, 7) is 7.25. The Morgan fingerprint density at radius 1 is 1.19 bits per heavy atom. The molecule has 0 aliphatic carbocycles. The molecule has 0 radical (unpaired) electrons. The van der Waals surface area contributed by atoms with E-state index >= 15 is 0 Å². The van der Waals surface area contributed by atoms with E-state index in [0.29, 0.717) is 17.1 Å². The largest absolute Gasteiger partial charge is 0.484 e. The Kier molecular flexibility index (Phi) is 6.38. The third-order valence-electron chi connectivity index (χ3n) is 3.76. The molecule has 0 saturated heterocycles. The van der Waals surface area contributed by atoms with Crippen LogP contribution in [0.1, 0.15) is 22.5 Å². The van der Waals surface area contributed by atoms with Gasteiger partial charge in [0.1, 0.15) is 10.6 Å². The maximum atomic E-state index is 12.2. The molecule has 1 heterocycles. The first-order valence-corrected chi connectivity index (χ1v) is 9.67. The highest BCUT2D eigenvalue weighted by Crippen LogP contribution is 2.18. The van der Waals surface area contributed by atoms with Crippen molar-refractivity contribution in [2.45, 2.75) is 32.6 Å². The van der Waals surface area contributed by atoms with Crippen LogP contribution in [0.3, 0.4) is 0 Å². The standard InChI is InChI=1S/C17H24N4O4S/c1-11-5-6-15(12(2)9-11)25-10-16(22)18-7-8-19-26(23,24)17-13(3)20-21-14(17)4/h5-6,9,19H,7-8,10H2,1-4H3,(H,18,22)(H,20,21). The molecule has 0 spiro atoms. The van der Waals surface area contributed by atoms with E-state index in [1.807, 2.05) is 32.0 Å². The van der Waals surface area contributed by atoms with E-state index in [-0.39, 0.29) is 30.5 Å². The van der Waals surface area contributed by atoms with Crippen LogP contribution in [0, 0.1) is 27.7 Å². The lowest BCUT2D eigenvalue weighted by atomic mass is 10.1. The second-order valence-electron chi connectivity index (χ2n) is 6.07. The number of aromatic amines is 1. The Balaban J connectivity index is 1.76. The number of carbonyl (C=O) groups excluding carboxylic acids is 1. The summed E-state index contributed by atoms with van der Waals surface area (Å²) in [6, 6.07) is 5.71. The van der Waals surface area contributed by atoms with Crippen LogP contribution >= 0.6 is 0 Å². The van der Waals surface area contributed by atoms with E-state index in [1.54, 1.807) is 13.8 Å². The summed E-state index contributed by atoms with van der Waals surface area (Å²) in [5.74, 6) is 0.331. The van der Waals surface area contributed by atoms with Gasteiger partial charge in [-0.2, -0.15) is 5.10 Å². The van der Waals surface area contributed by atoms with E-state index in [2.05, 4.69) is 20.2 Å². The van der Waals surface area contributed by atoms with E-state index in [0.717, 1.165) is 11.1 Å². The summed E-state index contributed by atoms with van der Waals surface area (Å²) in [5, 5.41) is 9.13. The van der Waals surface area contributed by atoms with Crippen molar-refractivity contribution in [2.75, 3.05) is 19.7 Å². The molecular formula is C17H24N4O4S. The number of nitrogens with one attached hydrogen (secondary N) is 3. The van der Waals surface area contributed by atoms with Crippen molar-refractivity contribution in [3.05, 3.63) is 40.7 Å². The molecule has 8 nitrogen and oxygen atoms in total. The van der Waals surface area contributed by atoms with Crippen molar-refractivity contribution in [1.29, 1.82) is 0 Å². The van der Waals surface area contributed by atoms with Gasteiger partial charge in [0.2, 0.25) is 10.0 Å². The topological polar surface area (TPSA) is 113 Å². The lowest BCUT2D eigenvalue weighted by Crippen LogP contribution is -2.37. The Labute approximate surface area is 153 Å². The molecule has 0 unspecified atom stereocenters. The lowest BCUT2D eigenvalue weighted by Gasteiger charge is -2.11. The third kappa shape index (κ3) is 5.06. The van der Waals surface area contributed by atoms with Crippen LogP contribution in [-0.2, 0) is 14.8 Å². The Bertz CT molecular complexity index is 871. The maximum absolute atomic E-state index is 12.2. The van der Waals surface area contributed by atoms with Crippen LogP contribution in [0.4, 0.5) is 0 Å². The molecule has 1 amide bonds. The van der Waals surface area contributed by atoms with Gasteiger partial charge < -0.3 is 10.1 Å². The summed E-state index contributed by atoms with van der Waals surface area (Å²) < 4.78 is 32.4. The first kappa shape index (κ1) is 19.9. The Hall–Kier alpha value is -2.39. The van der Waals surface area contributed by atoms with Gasteiger partial charge >= 0.3 is 0 Å². The predicted molar refractivity (Wildman–Crippen MR) is 97.7 cm³/mol. The Morgan fingerprint density at radius 2 is 1.92 bits per heavy atom. The Morgan fingerprint density at radius 3 is 2.54 bits per heavy atom. The number of ether oxygens (including phenoxy) is 1. The molecular weight excluding hydrogens is 356 g/mol. The van der Waals surface area contributed by atoms with Gasteiger partial charge in [0.25, 0.3) is 5.91 Å². The van der Waals surface area contributed by atoms with Crippen molar-refractivity contribution in [3.63, 3.8) is 0 Å². The maximum Gasteiger partial charge on any atom is 0.257 e. The molecule has 142 valence electrons. The molecule has 0 atom stereocenters. The third-order valence-corrected chi connectivity index (χ3v) is 5.48. The van der Waals surface area contributed by atoms with E-state index < -0.39 is 10.0 Å². The molecule has 1 aromatic heterocycles. The monoisotopic (exact) mass is 380 g/mol. The van der Waals surface area contributed by atoms with Gasteiger partial charge in [-0.15, -0.1) is 0 Å². The molecule has 0 aliphatic rings.